The molecule has 2 aliphatic heterocycles. The Balaban J connectivity index is 1.97. The van der Waals surface area contributed by atoms with Crippen LogP contribution in [0.1, 0.15) is 13.8 Å². The Morgan fingerprint density at radius 3 is 2.60 bits per heavy atom. The van der Waals surface area contributed by atoms with Gasteiger partial charge >= 0.3 is 11.9 Å². The highest BCUT2D eigenvalue weighted by molar-refractivity contribution is 5.90. The first-order chi connectivity index (χ1) is 9.45. The third-order valence-electron chi connectivity index (χ3n) is 2.39. The Morgan fingerprint density at radius 1 is 1.25 bits per heavy atom. The molecule has 2 rings (SSSR count). The van der Waals surface area contributed by atoms with Crippen LogP contribution >= 0.6 is 0 Å². The largest absolute Gasteiger partial charge is 0.459 e. The average Bonchev–Trinajstić information content (AvgIpc) is 2.77. The summed E-state index contributed by atoms with van der Waals surface area (Å²) in [7, 11) is 0. The number of nitrogens with zero attached hydrogens (tertiary/aromatic N) is 2. The van der Waals surface area contributed by atoms with E-state index in [0.717, 1.165) is 0 Å². The highest BCUT2D eigenvalue weighted by Crippen LogP contribution is 2.16. The lowest BCUT2D eigenvalue weighted by atomic mass is 10.3. The Bertz CT molecular complexity index is 513. The van der Waals surface area contributed by atoms with Gasteiger partial charge in [0.25, 0.3) is 5.91 Å². The number of esters is 2. The van der Waals surface area contributed by atoms with Crippen molar-refractivity contribution in [3.8, 4) is 0 Å². The predicted molar refractivity (Wildman–Crippen MR) is 64.4 cm³/mol. The maximum atomic E-state index is 11.8. The number of nitrogens with one attached hydrogen (secondary N) is 2. The van der Waals surface area contributed by atoms with Gasteiger partial charge in [0, 0.05) is 19.9 Å². The molecule has 2 heterocycles. The summed E-state index contributed by atoms with van der Waals surface area (Å²) in [6, 6.07) is 0. The fourth-order valence-electron chi connectivity index (χ4n) is 1.57. The SMILES string of the molecule is CC(=O)OCC1=CC(=O)N2NN(COC(C)=O)C=C2N1. The van der Waals surface area contributed by atoms with Crippen molar-refractivity contribution in [2.45, 2.75) is 13.8 Å². The molecule has 20 heavy (non-hydrogen) atoms. The van der Waals surface area contributed by atoms with Crippen molar-refractivity contribution >= 4 is 17.8 Å². The number of hydrazine groups is 2. The minimum Gasteiger partial charge on any atom is -0.459 e. The zero-order valence-electron chi connectivity index (χ0n) is 11.0. The number of hydrogen-bond acceptors (Lipinski definition) is 8. The number of amides is 1. The molecule has 0 atom stereocenters. The van der Waals surface area contributed by atoms with E-state index in [1.54, 1.807) is 6.20 Å². The number of hydrogen-bond donors (Lipinski definition) is 2. The molecular formula is C11H14N4O5. The minimum atomic E-state index is -0.433. The van der Waals surface area contributed by atoms with E-state index in [4.69, 9.17) is 9.47 Å². The first kappa shape index (κ1) is 13.9. The van der Waals surface area contributed by atoms with Gasteiger partial charge in [0.05, 0.1) is 11.9 Å². The van der Waals surface area contributed by atoms with Crippen molar-refractivity contribution in [3.63, 3.8) is 0 Å². The predicted octanol–water partition coefficient (Wildman–Crippen LogP) is -1.08. The van der Waals surface area contributed by atoms with Gasteiger partial charge in [-0.05, 0) is 0 Å². The van der Waals surface area contributed by atoms with E-state index in [1.165, 1.54) is 29.9 Å². The zero-order valence-corrected chi connectivity index (χ0v) is 11.0. The molecule has 2 N–H and O–H groups in total. The van der Waals surface area contributed by atoms with Crippen LogP contribution in [0.3, 0.4) is 0 Å². The molecular weight excluding hydrogens is 268 g/mol. The first-order valence-corrected chi connectivity index (χ1v) is 5.79. The van der Waals surface area contributed by atoms with Gasteiger partial charge in [0.2, 0.25) is 0 Å². The van der Waals surface area contributed by atoms with E-state index in [2.05, 4.69) is 10.9 Å². The van der Waals surface area contributed by atoms with E-state index >= 15 is 0 Å². The summed E-state index contributed by atoms with van der Waals surface area (Å²) >= 11 is 0. The second-order valence-corrected chi connectivity index (χ2v) is 4.10. The van der Waals surface area contributed by atoms with Crippen LogP contribution in [0.15, 0.2) is 23.8 Å². The molecule has 0 aromatic heterocycles. The molecule has 0 bridgehead atoms. The van der Waals surface area contributed by atoms with Crippen LogP contribution in [0.4, 0.5) is 0 Å². The van der Waals surface area contributed by atoms with Crippen molar-refractivity contribution in [2.24, 2.45) is 0 Å². The van der Waals surface area contributed by atoms with Crippen molar-refractivity contribution in [1.29, 1.82) is 0 Å². The van der Waals surface area contributed by atoms with Gasteiger partial charge in [0.1, 0.15) is 12.4 Å². The number of carbonyl (C=O) groups is 3. The van der Waals surface area contributed by atoms with Crippen LogP contribution in [0.25, 0.3) is 0 Å². The maximum Gasteiger partial charge on any atom is 0.304 e. The summed E-state index contributed by atoms with van der Waals surface area (Å²) in [5, 5.41) is 5.58. The van der Waals surface area contributed by atoms with Gasteiger partial charge in [-0.3, -0.25) is 19.4 Å². The van der Waals surface area contributed by atoms with E-state index < -0.39 is 11.9 Å². The molecule has 0 aliphatic carbocycles. The topological polar surface area (TPSA) is 100 Å². The van der Waals surface area contributed by atoms with Crippen LogP contribution in [-0.4, -0.2) is 41.2 Å². The van der Waals surface area contributed by atoms with Gasteiger partial charge in [-0.1, -0.05) is 0 Å². The molecule has 0 aromatic rings. The Hall–Kier alpha value is -2.55. The number of fused-ring (bicyclic) bond motifs is 1. The lowest BCUT2D eigenvalue weighted by Crippen LogP contribution is -2.48. The molecule has 0 radical (unpaired) electrons. The van der Waals surface area contributed by atoms with Gasteiger partial charge in [0.15, 0.2) is 6.73 Å². The summed E-state index contributed by atoms with van der Waals surface area (Å²) in [5.74, 6) is -0.741. The number of rotatable bonds is 4. The molecule has 0 unspecified atom stereocenters. The summed E-state index contributed by atoms with van der Waals surface area (Å²) in [5.41, 5.74) is 3.18. The highest BCUT2D eigenvalue weighted by Gasteiger charge is 2.30. The van der Waals surface area contributed by atoms with E-state index in [9.17, 15) is 14.4 Å². The van der Waals surface area contributed by atoms with Gasteiger partial charge in [-0.15, -0.1) is 5.53 Å². The summed E-state index contributed by atoms with van der Waals surface area (Å²) in [6.07, 6.45) is 2.87. The second kappa shape index (κ2) is 5.61. The van der Waals surface area contributed by atoms with E-state index in [0.29, 0.717) is 11.5 Å². The van der Waals surface area contributed by atoms with Crippen molar-refractivity contribution in [2.75, 3.05) is 13.3 Å². The smallest absolute Gasteiger partial charge is 0.304 e. The Morgan fingerprint density at radius 2 is 1.95 bits per heavy atom. The highest BCUT2D eigenvalue weighted by atomic mass is 16.5. The van der Waals surface area contributed by atoms with Crippen LogP contribution in [0.2, 0.25) is 0 Å². The van der Waals surface area contributed by atoms with Gasteiger partial charge in [-0.25, -0.2) is 5.01 Å². The first-order valence-electron chi connectivity index (χ1n) is 5.79. The molecule has 0 saturated carbocycles. The van der Waals surface area contributed by atoms with E-state index in [1.807, 2.05) is 0 Å². The molecule has 9 heteroatoms. The molecule has 0 spiro atoms. The molecule has 0 saturated heterocycles. The lowest BCUT2D eigenvalue weighted by Gasteiger charge is -2.26. The summed E-state index contributed by atoms with van der Waals surface area (Å²) < 4.78 is 9.61. The van der Waals surface area contributed by atoms with Crippen LogP contribution in [0, 0.1) is 0 Å². The van der Waals surface area contributed by atoms with Crippen LogP contribution in [-0.2, 0) is 23.9 Å². The third-order valence-corrected chi connectivity index (χ3v) is 2.39. The van der Waals surface area contributed by atoms with Crippen LogP contribution in [0.5, 0.6) is 0 Å². The van der Waals surface area contributed by atoms with Crippen molar-refractivity contribution in [3.05, 3.63) is 23.8 Å². The molecule has 9 nitrogen and oxygen atoms in total. The molecule has 0 fully saturated rings. The third kappa shape index (κ3) is 3.26. The Kier molecular flexibility index (Phi) is 3.89. The summed E-state index contributed by atoms with van der Waals surface area (Å²) in [6.45, 7) is 2.52. The average molecular weight is 282 g/mol. The zero-order chi connectivity index (χ0) is 14.7. The maximum absolute atomic E-state index is 11.8. The second-order valence-electron chi connectivity index (χ2n) is 4.10. The van der Waals surface area contributed by atoms with E-state index in [-0.39, 0.29) is 19.2 Å². The summed E-state index contributed by atoms with van der Waals surface area (Å²) in [4.78, 5) is 33.3. The van der Waals surface area contributed by atoms with Crippen LogP contribution < -0.4 is 10.9 Å². The quantitative estimate of drug-likeness (QED) is 0.628. The standard InChI is InChI=1S/C11H14N4O5/c1-7(16)19-5-9-3-11(18)15-10(12-9)4-14(13-15)6-20-8(2)17/h3-4,12-13H,5-6H2,1-2H3. The van der Waals surface area contributed by atoms with Crippen molar-refractivity contribution < 1.29 is 23.9 Å². The molecule has 2 aliphatic rings. The fourth-order valence-corrected chi connectivity index (χ4v) is 1.57. The lowest BCUT2D eigenvalue weighted by molar-refractivity contribution is -0.147. The van der Waals surface area contributed by atoms with Gasteiger partial charge < -0.3 is 14.8 Å². The molecule has 1 amide bonds. The van der Waals surface area contributed by atoms with Crippen molar-refractivity contribution in [1.82, 2.24) is 20.9 Å². The Labute approximate surface area is 114 Å². The fraction of sp³-hybridized carbons (Fsp3) is 0.364. The molecule has 108 valence electrons. The minimum absolute atomic E-state index is 0.0177. The molecule has 0 aromatic carbocycles. The number of carbonyl (C=O) groups excluding carboxylic acids is 3. The monoisotopic (exact) mass is 282 g/mol. The number of ether oxygens (including phenoxy) is 2. The van der Waals surface area contributed by atoms with Gasteiger partial charge in [-0.2, -0.15) is 0 Å². The normalized spacial score (nSPS) is 17.0.